The summed E-state index contributed by atoms with van der Waals surface area (Å²) in [5.74, 6) is 2.24. The molecule has 1 aliphatic rings. The lowest BCUT2D eigenvalue weighted by Crippen LogP contribution is -2.35. The normalized spacial score (nSPS) is 15.7. The molecule has 1 aromatic carbocycles. The van der Waals surface area contributed by atoms with Crippen LogP contribution in [0.4, 0.5) is 5.82 Å². The molecule has 0 amide bonds. The second-order valence-corrected chi connectivity index (χ2v) is 13.0. The Labute approximate surface area is 199 Å². The Morgan fingerprint density at radius 2 is 1.69 bits per heavy atom. The first-order valence-corrected chi connectivity index (χ1v) is 14.4. The van der Waals surface area contributed by atoms with Crippen molar-refractivity contribution in [3.8, 4) is 5.69 Å². The van der Waals surface area contributed by atoms with Gasteiger partial charge in [0, 0.05) is 37.1 Å². The van der Waals surface area contributed by atoms with Crippen LogP contribution >= 0.6 is 23.3 Å². The molecule has 0 saturated carbocycles. The molecule has 3 aromatic rings. The van der Waals surface area contributed by atoms with E-state index in [2.05, 4.69) is 64.5 Å². The van der Waals surface area contributed by atoms with Crippen molar-refractivity contribution in [3.63, 3.8) is 0 Å². The van der Waals surface area contributed by atoms with E-state index in [1.807, 2.05) is 6.92 Å². The Balaban J connectivity index is 1.69. The zero-order valence-electron chi connectivity index (χ0n) is 19.8. The number of hydrogen-bond acceptors (Lipinski definition) is 5. The highest BCUT2D eigenvalue weighted by molar-refractivity contribution is 9.10. The Morgan fingerprint density at radius 1 is 1.06 bits per heavy atom. The van der Waals surface area contributed by atoms with E-state index in [9.17, 15) is 4.57 Å². The number of anilines is 1. The molecule has 1 saturated heterocycles. The zero-order valence-corrected chi connectivity index (χ0v) is 22.3. The lowest BCUT2D eigenvalue weighted by atomic mass is 9.98. The lowest BCUT2D eigenvalue weighted by Gasteiger charge is -2.33. The highest BCUT2D eigenvalue weighted by atomic mass is 79.9. The molecule has 0 radical (unpaired) electrons. The average molecular weight is 519 g/mol. The van der Waals surface area contributed by atoms with Crippen molar-refractivity contribution in [2.24, 2.45) is 5.92 Å². The van der Waals surface area contributed by atoms with Crippen molar-refractivity contribution in [3.05, 3.63) is 45.3 Å². The fraction of sp³-hybridized carbons (Fsp3) is 0.500. The number of hydrogen-bond donors (Lipinski definition) is 0. The summed E-state index contributed by atoms with van der Waals surface area (Å²) in [7, 11) is -2.43. The van der Waals surface area contributed by atoms with E-state index in [4.69, 9.17) is 14.5 Å². The molecule has 0 spiro atoms. The number of halogens is 1. The van der Waals surface area contributed by atoms with Crippen molar-refractivity contribution in [1.82, 2.24) is 14.5 Å². The second kappa shape index (κ2) is 8.92. The second-order valence-electron chi connectivity index (χ2n) is 9.34. The molecule has 0 atom stereocenters. The summed E-state index contributed by atoms with van der Waals surface area (Å²) in [5.41, 5.74) is 5.73. The molecular formula is C24H32BrN4O2P. The predicted molar refractivity (Wildman–Crippen MR) is 136 cm³/mol. The monoisotopic (exact) mass is 518 g/mol. The first-order chi connectivity index (χ1) is 15.0. The molecule has 3 heterocycles. The van der Waals surface area contributed by atoms with Gasteiger partial charge in [-0.3, -0.25) is 4.57 Å². The molecule has 0 unspecified atom stereocenters. The highest BCUT2D eigenvalue weighted by Crippen LogP contribution is 2.39. The van der Waals surface area contributed by atoms with Crippen LogP contribution in [-0.4, -0.2) is 47.6 Å². The first-order valence-electron chi connectivity index (χ1n) is 11.1. The molecule has 32 heavy (non-hydrogen) atoms. The van der Waals surface area contributed by atoms with E-state index in [-0.39, 0.29) is 0 Å². The number of piperidine rings is 1. The summed E-state index contributed by atoms with van der Waals surface area (Å²) in [6.07, 6.45) is 4.20. The molecule has 0 aliphatic carbocycles. The summed E-state index contributed by atoms with van der Waals surface area (Å²) < 4.78 is 20.8. The fourth-order valence-electron chi connectivity index (χ4n) is 4.67. The van der Waals surface area contributed by atoms with Gasteiger partial charge >= 0.3 is 0 Å². The molecule has 8 heteroatoms. The maximum absolute atomic E-state index is 11.9. The summed E-state index contributed by atoms with van der Waals surface area (Å²) in [5, 5.41) is 1.12. The molecule has 1 aliphatic heterocycles. The van der Waals surface area contributed by atoms with Crippen molar-refractivity contribution < 1.29 is 9.09 Å². The van der Waals surface area contributed by atoms with Crippen LogP contribution in [0.15, 0.2) is 22.8 Å². The standard InChI is InChI=1S/C24H32BrN4O2P/c1-15-11-20(25)12-16(2)22(15)29-13-17(3)21-23(26-18(4)27-24(21)29)28-9-7-19(8-10-28)14-31-32(5,6)30/h11-13,19H,7-10,14H2,1-6H3. The van der Waals surface area contributed by atoms with E-state index >= 15 is 0 Å². The van der Waals surface area contributed by atoms with Gasteiger partial charge in [0.25, 0.3) is 0 Å². The Morgan fingerprint density at radius 3 is 2.28 bits per heavy atom. The van der Waals surface area contributed by atoms with Gasteiger partial charge in [-0.15, -0.1) is 0 Å². The van der Waals surface area contributed by atoms with E-state index in [0.29, 0.717) is 12.5 Å². The maximum atomic E-state index is 11.9. The highest BCUT2D eigenvalue weighted by Gasteiger charge is 2.26. The van der Waals surface area contributed by atoms with Gasteiger partial charge in [-0.25, -0.2) is 9.97 Å². The Bertz CT molecular complexity index is 1190. The molecule has 0 bridgehead atoms. The van der Waals surface area contributed by atoms with Crippen molar-refractivity contribution >= 4 is 40.2 Å². The van der Waals surface area contributed by atoms with Crippen LogP contribution in [0.3, 0.4) is 0 Å². The first kappa shape index (κ1) is 23.5. The van der Waals surface area contributed by atoms with Gasteiger partial charge in [-0.2, -0.15) is 0 Å². The minimum Gasteiger partial charge on any atom is -0.356 e. The third-order valence-corrected chi connectivity index (χ3v) is 7.39. The van der Waals surface area contributed by atoms with Crippen LogP contribution in [0.25, 0.3) is 16.7 Å². The Hall–Kier alpha value is -1.69. The largest absolute Gasteiger partial charge is 0.356 e. The SMILES string of the molecule is Cc1nc(N2CCC(COP(C)(C)=O)CC2)c2c(C)cn(-c3c(C)cc(Br)cc3C)c2n1. The Kier molecular flexibility index (Phi) is 6.54. The molecular weight excluding hydrogens is 487 g/mol. The van der Waals surface area contributed by atoms with E-state index in [1.165, 1.54) is 22.4 Å². The van der Waals surface area contributed by atoms with Crippen LogP contribution in [-0.2, 0) is 9.09 Å². The van der Waals surface area contributed by atoms with Crippen LogP contribution in [0.5, 0.6) is 0 Å². The number of nitrogens with zero attached hydrogens (tertiary/aromatic N) is 4. The minimum atomic E-state index is -2.43. The summed E-state index contributed by atoms with van der Waals surface area (Å²) >= 11 is 3.61. The number of aryl methyl sites for hydroxylation is 4. The smallest absolute Gasteiger partial charge is 0.197 e. The maximum Gasteiger partial charge on any atom is 0.197 e. The van der Waals surface area contributed by atoms with Gasteiger partial charge in [0.1, 0.15) is 11.6 Å². The quantitative estimate of drug-likeness (QED) is 0.377. The topological polar surface area (TPSA) is 60.3 Å². The number of rotatable bonds is 5. The molecule has 0 N–H and O–H groups in total. The fourth-order valence-corrected chi connectivity index (χ4v) is 5.92. The third-order valence-electron chi connectivity index (χ3n) is 6.16. The molecule has 2 aromatic heterocycles. The molecule has 172 valence electrons. The van der Waals surface area contributed by atoms with Crippen molar-refractivity contribution in [2.45, 2.75) is 40.5 Å². The summed E-state index contributed by atoms with van der Waals surface area (Å²) in [6, 6.07) is 4.30. The van der Waals surface area contributed by atoms with Gasteiger partial charge in [0.2, 0.25) is 0 Å². The zero-order chi connectivity index (χ0) is 23.2. The number of aromatic nitrogens is 3. The van der Waals surface area contributed by atoms with Gasteiger partial charge in [-0.05, 0) is 75.3 Å². The molecule has 1 fully saturated rings. The summed E-state index contributed by atoms with van der Waals surface area (Å²) in [6.45, 7) is 14.2. The van der Waals surface area contributed by atoms with Gasteiger partial charge in [0.05, 0.1) is 17.7 Å². The molecule has 4 rings (SSSR count). The number of benzene rings is 1. The van der Waals surface area contributed by atoms with Crippen molar-refractivity contribution in [2.75, 3.05) is 37.9 Å². The summed E-state index contributed by atoms with van der Waals surface area (Å²) in [4.78, 5) is 12.1. The van der Waals surface area contributed by atoms with Gasteiger partial charge in [-0.1, -0.05) is 15.9 Å². The predicted octanol–water partition coefficient (Wildman–Crippen LogP) is 6.19. The van der Waals surface area contributed by atoms with E-state index in [1.54, 1.807) is 13.3 Å². The van der Waals surface area contributed by atoms with E-state index < -0.39 is 7.37 Å². The third kappa shape index (κ3) is 4.80. The number of fused-ring (bicyclic) bond motifs is 1. The van der Waals surface area contributed by atoms with E-state index in [0.717, 1.165) is 53.1 Å². The average Bonchev–Trinajstić information content (AvgIpc) is 3.01. The van der Waals surface area contributed by atoms with Crippen LogP contribution < -0.4 is 4.90 Å². The molecule has 6 nitrogen and oxygen atoms in total. The van der Waals surface area contributed by atoms with Gasteiger partial charge in [0.15, 0.2) is 13.0 Å². The minimum absolute atomic E-state index is 0.441. The van der Waals surface area contributed by atoms with Gasteiger partial charge < -0.3 is 14.0 Å². The van der Waals surface area contributed by atoms with Crippen LogP contribution in [0.2, 0.25) is 0 Å². The van der Waals surface area contributed by atoms with Crippen LogP contribution in [0, 0.1) is 33.6 Å². The van der Waals surface area contributed by atoms with Crippen molar-refractivity contribution in [1.29, 1.82) is 0 Å². The van der Waals surface area contributed by atoms with Crippen LogP contribution in [0.1, 0.15) is 35.4 Å². The lowest BCUT2D eigenvalue weighted by molar-refractivity contribution is 0.227.